The number of carbonyl (C=O) groups excluding carboxylic acids is 1. The molecule has 0 aliphatic carbocycles. The van der Waals surface area contributed by atoms with Gasteiger partial charge in [0, 0.05) is 12.1 Å². The molecule has 0 aliphatic rings. The number of amides is 1. The van der Waals surface area contributed by atoms with E-state index in [-0.39, 0.29) is 6.54 Å². The maximum absolute atomic E-state index is 13.1. The van der Waals surface area contributed by atoms with E-state index in [9.17, 15) is 14.7 Å². The average Bonchev–Trinajstić information content (AvgIpc) is 3.22. The first-order valence-corrected chi connectivity index (χ1v) is 8.89. The second kappa shape index (κ2) is 8.43. The summed E-state index contributed by atoms with van der Waals surface area (Å²) in [5.41, 5.74) is 1.63. The summed E-state index contributed by atoms with van der Waals surface area (Å²) in [6, 6.07) is 16.8. The number of aliphatic carboxylic acids is 1. The highest BCUT2D eigenvalue weighted by Crippen LogP contribution is 2.17. The highest BCUT2D eigenvalue weighted by Gasteiger charge is 2.31. The van der Waals surface area contributed by atoms with Crippen LogP contribution in [0.1, 0.15) is 25.5 Å². The van der Waals surface area contributed by atoms with E-state index in [1.54, 1.807) is 6.92 Å². The SMILES string of the molecule is CC(C(=O)O)N(Cc1ccccc1)C(=O)C(C)n1nnc(-c2ccccc2)n1. The Bertz CT molecular complexity index is 943. The van der Waals surface area contributed by atoms with Gasteiger partial charge in [-0.3, -0.25) is 4.79 Å². The van der Waals surface area contributed by atoms with E-state index < -0.39 is 24.0 Å². The molecule has 2 aromatic carbocycles. The fourth-order valence-electron chi connectivity index (χ4n) is 2.75. The summed E-state index contributed by atoms with van der Waals surface area (Å²) >= 11 is 0. The minimum atomic E-state index is -1.08. The maximum Gasteiger partial charge on any atom is 0.326 e. The van der Waals surface area contributed by atoms with Crippen LogP contribution in [0, 0.1) is 0 Å². The Hall–Kier alpha value is -3.55. The molecule has 8 heteroatoms. The molecule has 0 aliphatic heterocycles. The summed E-state index contributed by atoms with van der Waals surface area (Å²) in [6.07, 6.45) is 0. The zero-order valence-corrected chi connectivity index (χ0v) is 15.6. The van der Waals surface area contributed by atoms with E-state index in [4.69, 9.17) is 0 Å². The molecule has 1 N–H and O–H groups in total. The molecule has 1 amide bonds. The van der Waals surface area contributed by atoms with E-state index in [1.165, 1.54) is 16.6 Å². The Labute approximate surface area is 162 Å². The highest BCUT2D eigenvalue weighted by atomic mass is 16.4. The van der Waals surface area contributed by atoms with E-state index in [1.807, 2.05) is 60.7 Å². The van der Waals surface area contributed by atoms with Crippen LogP contribution in [0.3, 0.4) is 0 Å². The summed E-state index contributed by atoms with van der Waals surface area (Å²) < 4.78 is 0. The van der Waals surface area contributed by atoms with Crippen molar-refractivity contribution in [3.8, 4) is 11.4 Å². The first kappa shape index (κ1) is 19.2. The number of hydrogen-bond acceptors (Lipinski definition) is 5. The van der Waals surface area contributed by atoms with Crippen molar-refractivity contribution in [3.63, 3.8) is 0 Å². The van der Waals surface area contributed by atoms with Crippen molar-refractivity contribution < 1.29 is 14.7 Å². The summed E-state index contributed by atoms with van der Waals surface area (Å²) in [6.45, 7) is 3.29. The van der Waals surface area contributed by atoms with E-state index >= 15 is 0 Å². The molecule has 0 bridgehead atoms. The van der Waals surface area contributed by atoms with Crippen molar-refractivity contribution >= 4 is 11.9 Å². The van der Waals surface area contributed by atoms with E-state index in [2.05, 4.69) is 15.4 Å². The molecule has 144 valence electrons. The van der Waals surface area contributed by atoms with Gasteiger partial charge in [-0.05, 0) is 24.6 Å². The number of tetrazole rings is 1. The number of aromatic nitrogens is 4. The smallest absolute Gasteiger partial charge is 0.326 e. The van der Waals surface area contributed by atoms with Crippen LogP contribution in [0.25, 0.3) is 11.4 Å². The lowest BCUT2D eigenvalue weighted by Crippen LogP contribution is -2.45. The van der Waals surface area contributed by atoms with Crippen LogP contribution in [-0.2, 0) is 16.1 Å². The van der Waals surface area contributed by atoms with Gasteiger partial charge in [0.25, 0.3) is 0 Å². The van der Waals surface area contributed by atoms with Crippen LogP contribution >= 0.6 is 0 Å². The first-order valence-electron chi connectivity index (χ1n) is 8.89. The Kier molecular flexibility index (Phi) is 5.78. The molecule has 0 spiro atoms. The minimum absolute atomic E-state index is 0.178. The number of hydrogen-bond donors (Lipinski definition) is 1. The second-order valence-corrected chi connectivity index (χ2v) is 6.44. The van der Waals surface area contributed by atoms with Crippen LogP contribution in [0.4, 0.5) is 0 Å². The van der Waals surface area contributed by atoms with Crippen molar-refractivity contribution in [2.24, 2.45) is 0 Å². The van der Waals surface area contributed by atoms with Gasteiger partial charge in [-0.2, -0.15) is 4.80 Å². The van der Waals surface area contributed by atoms with Crippen molar-refractivity contribution in [1.29, 1.82) is 0 Å². The van der Waals surface area contributed by atoms with Crippen LogP contribution in [0.5, 0.6) is 0 Å². The summed E-state index contributed by atoms with van der Waals surface area (Å²) in [5, 5.41) is 21.7. The molecule has 2 unspecified atom stereocenters. The third-order valence-corrected chi connectivity index (χ3v) is 4.47. The molecule has 1 aromatic heterocycles. The molecule has 8 nitrogen and oxygen atoms in total. The first-order chi connectivity index (χ1) is 13.5. The molecule has 3 aromatic rings. The number of benzene rings is 2. The van der Waals surface area contributed by atoms with Gasteiger partial charge in [0.2, 0.25) is 11.7 Å². The predicted molar refractivity (Wildman–Crippen MR) is 102 cm³/mol. The molecule has 3 rings (SSSR count). The van der Waals surface area contributed by atoms with Crippen LogP contribution < -0.4 is 0 Å². The largest absolute Gasteiger partial charge is 0.480 e. The topological polar surface area (TPSA) is 101 Å². The van der Waals surface area contributed by atoms with E-state index in [0.717, 1.165) is 11.1 Å². The standard InChI is InChI=1S/C20H21N5O3/c1-14(25-22-18(21-23-25)17-11-7-4-8-12-17)19(26)24(15(2)20(27)28)13-16-9-5-3-6-10-16/h3-12,14-15H,13H2,1-2H3,(H,27,28). The second-order valence-electron chi connectivity index (χ2n) is 6.44. The lowest BCUT2D eigenvalue weighted by Gasteiger charge is -2.28. The van der Waals surface area contributed by atoms with Gasteiger partial charge in [0.05, 0.1) is 0 Å². The number of carboxylic acid groups (broad SMARTS) is 1. The normalized spacial score (nSPS) is 12.9. The fourth-order valence-corrected chi connectivity index (χ4v) is 2.75. The van der Waals surface area contributed by atoms with Crippen molar-refractivity contribution in [1.82, 2.24) is 25.1 Å². The zero-order valence-electron chi connectivity index (χ0n) is 15.6. The summed E-state index contributed by atoms with van der Waals surface area (Å²) in [7, 11) is 0. The van der Waals surface area contributed by atoms with Crippen molar-refractivity contribution in [2.45, 2.75) is 32.5 Å². The molecule has 0 saturated carbocycles. The van der Waals surface area contributed by atoms with Crippen molar-refractivity contribution in [3.05, 3.63) is 66.2 Å². The predicted octanol–water partition coefficient (Wildman–Crippen LogP) is 2.40. The van der Waals surface area contributed by atoms with Gasteiger partial charge in [0.15, 0.2) is 0 Å². The molecule has 28 heavy (non-hydrogen) atoms. The number of nitrogens with zero attached hydrogens (tertiary/aromatic N) is 5. The van der Waals surface area contributed by atoms with Crippen molar-refractivity contribution in [2.75, 3.05) is 0 Å². The van der Waals surface area contributed by atoms with Gasteiger partial charge >= 0.3 is 5.97 Å². The van der Waals surface area contributed by atoms with E-state index in [0.29, 0.717) is 5.82 Å². The number of carbonyl (C=O) groups is 2. The van der Waals surface area contributed by atoms with Crippen LogP contribution in [0.15, 0.2) is 60.7 Å². The zero-order chi connectivity index (χ0) is 20.1. The Morgan fingerprint density at radius 3 is 2.25 bits per heavy atom. The number of rotatable bonds is 7. The van der Waals surface area contributed by atoms with Gasteiger partial charge in [0.1, 0.15) is 12.1 Å². The lowest BCUT2D eigenvalue weighted by molar-refractivity contribution is -0.151. The quantitative estimate of drug-likeness (QED) is 0.676. The molecule has 0 radical (unpaired) electrons. The molecule has 2 atom stereocenters. The monoisotopic (exact) mass is 379 g/mol. The Morgan fingerprint density at radius 2 is 1.64 bits per heavy atom. The fraction of sp³-hybridized carbons (Fsp3) is 0.250. The summed E-state index contributed by atoms with van der Waals surface area (Å²) in [5.74, 6) is -1.06. The summed E-state index contributed by atoms with van der Waals surface area (Å²) in [4.78, 5) is 27.1. The van der Waals surface area contributed by atoms with Gasteiger partial charge in [-0.25, -0.2) is 4.79 Å². The Balaban J connectivity index is 1.83. The molecule has 0 saturated heterocycles. The van der Waals surface area contributed by atoms with Crippen LogP contribution in [0.2, 0.25) is 0 Å². The van der Waals surface area contributed by atoms with Crippen LogP contribution in [-0.4, -0.2) is 48.1 Å². The highest BCUT2D eigenvalue weighted by molar-refractivity contribution is 5.85. The molecular formula is C20H21N5O3. The number of carboxylic acids is 1. The third-order valence-electron chi connectivity index (χ3n) is 4.47. The molecule has 0 fully saturated rings. The lowest BCUT2D eigenvalue weighted by atomic mass is 10.1. The minimum Gasteiger partial charge on any atom is -0.480 e. The third kappa shape index (κ3) is 4.22. The molecular weight excluding hydrogens is 358 g/mol. The van der Waals surface area contributed by atoms with Gasteiger partial charge in [-0.1, -0.05) is 60.7 Å². The average molecular weight is 379 g/mol. The Morgan fingerprint density at radius 1 is 1.04 bits per heavy atom. The molecule has 1 heterocycles. The van der Waals surface area contributed by atoms with Gasteiger partial charge < -0.3 is 10.0 Å². The van der Waals surface area contributed by atoms with Gasteiger partial charge in [-0.15, -0.1) is 10.2 Å². The maximum atomic E-state index is 13.1.